The molecule has 0 saturated carbocycles. The second kappa shape index (κ2) is 10.6. The summed E-state index contributed by atoms with van der Waals surface area (Å²) in [6.45, 7) is 3.41. The molecule has 2 unspecified atom stereocenters. The fraction of sp³-hybridized carbons (Fsp3) is 0.278. The summed E-state index contributed by atoms with van der Waals surface area (Å²) >= 11 is 0. The molecule has 1 aromatic carbocycles. The number of hydrogen-bond donors (Lipinski definition) is 3. The molecule has 6 heterocycles. The molecule has 0 aliphatic carbocycles. The van der Waals surface area contributed by atoms with Gasteiger partial charge in [0.1, 0.15) is 7.11 Å². The van der Waals surface area contributed by atoms with Crippen LogP contribution in [0.15, 0.2) is 112 Å². The second-order valence-electron chi connectivity index (χ2n) is 13.0. The molecule has 0 radical (unpaired) electrons. The molecule has 7 nitrogen and oxygen atoms in total. The molecule has 4 aliphatic rings. The number of para-hydroxylation sites is 1. The summed E-state index contributed by atoms with van der Waals surface area (Å²) in [5, 5.41) is 17.7. The summed E-state index contributed by atoms with van der Waals surface area (Å²) in [5.41, 5.74) is -1.04. The number of aliphatic imine (C=N–C) groups is 2. The maximum absolute atomic E-state index is 15.2. The highest BCUT2D eigenvalue weighted by Gasteiger charge is 2.59. The van der Waals surface area contributed by atoms with Gasteiger partial charge in [0.25, 0.3) is 0 Å². The van der Waals surface area contributed by atoms with E-state index in [4.69, 9.17) is 9.83 Å². The van der Waals surface area contributed by atoms with Gasteiger partial charge in [0.2, 0.25) is 0 Å². The number of hydrogen-bond acceptors (Lipinski definition) is 5. The van der Waals surface area contributed by atoms with E-state index >= 15 is 13.2 Å². The first kappa shape index (κ1) is 29.9. The Hall–Kier alpha value is -4.83. The number of alkyl halides is 3. The number of H-pyrrole nitrogens is 1. The molecule has 0 amide bonds. The Morgan fingerprint density at radius 2 is 1.61 bits per heavy atom. The van der Waals surface area contributed by atoms with E-state index in [-0.39, 0.29) is 6.42 Å². The summed E-state index contributed by atoms with van der Waals surface area (Å²) in [6, 6.07) is 13.2. The lowest BCUT2D eigenvalue weighted by Gasteiger charge is -2.42. The van der Waals surface area contributed by atoms with Gasteiger partial charge in [-0.25, -0.2) is 9.98 Å². The van der Waals surface area contributed by atoms with Crippen LogP contribution in [0, 0.1) is 0 Å². The van der Waals surface area contributed by atoms with Crippen molar-refractivity contribution >= 4 is 34.5 Å². The molecule has 2 aromatic heterocycles. The molecule has 10 heteroatoms. The molecule has 8 bridgehead atoms. The van der Waals surface area contributed by atoms with Crippen LogP contribution in [0.2, 0.25) is 0 Å². The van der Waals surface area contributed by atoms with E-state index in [9.17, 15) is 5.11 Å². The van der Waals surface area contributed by atoms with Gasteiger partial charge < -0.3 is 20.2 Å². The van der Waals surface area contributed by atoms with Crippen molar-refractivity contribution in [1.82, 2.24) is 15.0 Å². The number of nitrogens with zero attached hydrogens (tertiary/aromatic N) is 3. The molecular formula is C36H34F3N5O2. The monoisotopic (exact) mass is 625 g/mol. The van der Waals surface area contributed by atoms with Crippen molar-refractivity contribution in [2.45, 2.75) is 55.8 Å². The van der Waals surface area contributed by atoms with Gasteiger partial charge in [-0.3, -0.25) is 0 Å². The smallest absolute Gasteiger partial charge is 0.417 e. The van der Waals surface area contributed by atoms with E-state index in [0.717, 1.165) is 27.3 Å². The van der Waals surface area contributed by atoms with Crippen LogP contribution < -0.4 is 20.9 Å². The summed E-state index contributed by atoms with van der Waals surface area (Å²) in [7, 11) is 1.48. The van der Waals surface area contributed by atoms with Crippen molar-refractivity contribution in [2.24, 2.45) is 9.98 Å². The molecular weight excluding hydrogens is 591 g/mol. The Bertz CT molecular complexity index is 2090. The van der Waals surface area contributed by atoms with Crippen molar-refractivity contribution < 1.29 is 23.1 Å². The first-order valence-electron chi connectivity index (χ1n) is 15.1. The van der Waals surface area contributed by atoms with Crippen molar-refractivity contribution in [1.29, 1.82) is 0 Å². The minimum atomic E-state index is -4.94. The third-order valence-electron chi connectivity index (χ3n) is 8.92. The minimum Gasteiger partial charge on any atom is -0.417 e. The predicted octanol–water partition coefficient (Wildman–Crippen LogP) is 5.06. The first-order valence-corrected chi connectivity index (χ1v) is 15.1. The summed E-state index contributed by atoms with van der Waals surface area (Å²) in [4.78, 5) is 18.3. The van der Waals surface area contributed by atoms with Gasteiger partial charge in [-0.2, -0.15) is 17.9 Å². The van der Waals surface area contributed by atoms with Crippen LogP contribution >= 0.6 is 0 Å². The topological polar surface area (TPSA) is 86.9 Å². The van der Waals surface area contributed by atoms with Crippen molar-refractivity contribution in [3.63, 3.8) is 0 Å². The van der Waals surface area contributed by atoms with Gasteiger partial charge >= 0.3 is 6.18 Å². The lowest BCUT2D eigenvalue weighted by atomic mass is 9.72. The predicted molar refractivity (Wildman–Crippen MR) is 175 cm³/mol. The molecule has 7 rings (SSSR count). The largest absolute Gasteiger partial charge is 0.417 e. The van der Waals surface area contributed by atoms with Crippen LogP contribution in [-0.2, 0) is 5.41 Å². The minimum absolute atomic E-state index is 0.210. The maximum Gasteiger partial charge on any atom is 0.417 e. The highest BCUT2D eigenvalue weighted by Crippen LogP contribution is 2.48. The molecule has 46 heavy (non-hydrogen) atoms. The van der Waals surface area contributed by atoms with Crippen LogP contribution in [-0.4, -0.2) is 50.7 Å². The van der Waals surface area contributed by atoms with E-state index in [1.807, 2.05) is 85.0 Å². The SMILES string of the molecule is COn1c(C(C)(C)CC(O)(CC23C=C4C=CC(=N4)C=c4ccc([nH]4)=CC4=NC(=CC(=CC2)N3)C=C4)C(F)(F)F)cc2ccccc21. The van der Waals surface area contributed by atoms with Gasteiger partial charge in [0.05, 0.1) is 39.6 Å². The zero-order valence-corrected chi connectivity index (χ0v) is 25.7. The quantitative estimate of drug-likeness (QED) is 0.358. The average molecular weight is 626 g/mol. The standard InChI is InChI=1S/C36H34F3N5O2/c1-33(2,32-16-23-6-4-5-7-31(23)44(32)46-3)21-35(45,36(37,38)39)22-34-15-14-29(43-34)19-28-11-10-25(41-28)17-24-8-9-26(40-24)18-27-12-13-30(20-34)42-27/h4-14,16-20,40,43,45H,15,21-22H2,1-3H3. The van der Waals surface area contributed by atoms with Gasteiger partial charge in [-0.05, 0) is 85.7 Å². The Morgan fingerprint density at radius 3 is 2.30 bits per heavy atom. The molecule has 0 saturated heterocycles. The fourth-order valence-electron chi connectivity index (χ4n) is 6.91. The Balaban J connectivity index is 1.30. The van der Waals surface area contributed by atoms with E-state index < -0.39 is 35.6 Å². The second-order valence-corrected chi connectivity index (χ2v) is 13.0. The fourth-order valence-corrected chi connectivity index (χ4v) is 6.91. The van der Waals surface area contributed by atoms with Crippen LogP contribution in [0.3, 0.4) is 0 Å². The van der Waals surface area contributed by atoms with Crippen LogP contribution in [0.4, 0.5) is 13.2 Å². The Morgan fingerprint density at radius 1 is 0.935 bits per heavy atom. The summed E-state index contributed by atoms with van der Waals surface area (Å²) < 4.78 is 47.1. The van der Waals surface area contributed by atoms with Gasteiger partial charge in [-0.1, -0.05) is 38.1 Å². The number of fused-ring (bicyclic) bond motifs is 7. The lowest BCUT2D eigenvalue weighted by molar-refractivity contribution is -0.273. The van der Waals surface area contributed by atoms with E-state index in [2.05, 4.69) is 15.3 Å². The molecule has 3 aromatic rings. The highest BCUT2D eigenvalue weighted by atomic mass is 19.4. The molecule has 0 fully saturated rings. The number of allylic oxidation sites excluding steroid dienone is 5. The Kier molecular flexibility index (Phi) is 6.90. The normalized spacial score (nSPS) is 21.8. The van der Waals surface area contributed by atoms with E-state index in [0.29, 0.717) is 28.5 Å². The maximum atomic E-state index is 15.2. The van der Waals surface area contributed by atoms with E-state index in [1.165, 1.54) is 7.11 Å². The zero-order valence-electron chi connectivity index (χ0n) is 25.7. The van der Waals surface area contributed by atoms with Crippen molar-refractivity contribution in [3.8, 4) is 0 Å². The van der Waals surface area contributed by atoms with Crippen LogP contribution in [0.5, 0.6) is 0 Å². The number of rotatable bonds is 6. The molecule has 0 spiro atoms. The van der Waals surface area contributed by atoms with Gasteiger partial charge in [-0.15, -0.1) is 0 Å². The van der Waals surface area contributed by atoms with Crippen molar-refractivity contribution in [3.05, 3.63) is 118 Å². The average Bonchev–Trinajstić information content (AvgIpc) is 3.81. The van der Waals surface area contributed by atoms with Crippen LogP contribution in [0.1, 0.15) is 38.8 Å². The summed E-state index contributed by atoms with van der Waals surface area (Å²) in [6.07, 6.45) is 10.5. The highest BCUT2D eigenvalue weighted by molar-refractivity contribution is 6.20. The first-order chi connectivity index (χ1) is 21.8. The molecule has 2 atom stereocenters. The zero-order chi connectivity index (χ0) is 32.3. The molecule has 236 valence electrons. The number of aromatic amines is 1. The van der Waals surface area contributed by atoms with Gasteiger partial charge in [0.15, 0.2) is 5.60 Å². The third kappa shape index (κ3) is 5.47. The van der Waals surface area contributed by atoms with Crippen LogP contribution in [0.25, 0.3) is 23.1 Å². The van der Waals surface area contributed by atoms with E-state index in [1.54, 1.807) is 30.7 Å². The number of aliphatic hydroxyl groups is 1. The third-order valence-corrected chi connectivity index (χ3v) is 8.92. The molecule has 3 N–H and O–H groups in total. The number of halogens is 3. The lowest BCUT2D eigenvalue weighted by Crippen LogP contribution is -2.56. The number of aromatic nitrogens is 2. The molecule has 4 aliphatic heterocycles. The number of nitrogens with one attached hydrogen (secondary N) is 2. The Labute approximate surface area is 263 Å². The van der Waals surface area contributed by atoms with Crippen molar-refractivity contribution in [2.75, 3.05) is 7.11 Å². The summed E-state index contributed by atoms with van der Waals surface area (Å²) in [5.74, 6) is 0. The van der Waals surface area contributed by atoms with Gasteiger partial charge in [0, 0.05) is 33.6 Å². The number of benzene rings is 1.